The van der Waals surface area contributed by atoms with E-state index in [0.717, 1.165) is 29.6 Å². The van der Waals surface area contributed by atoms with Crippen LogP contribution in [0.1, 0.15) is 44.0 Å². The number of sulfone groups is 1. The molecule has 0 spiro atoms. The van der Waals surface area contributed by atoms with E-state index in [4.69, 9.17) is 4.74 Å². The number of pyridine rings is 1. The Hall–Kier alpha value is -3.01. The van der Waals surface area contributed by atoms with E-state index in [0.29, 0.717) is 25.3 Å². The van der Waals surface area contributed by atoms with Crippen molar-refractivity contribution in [2.75, 3.05) is 19.3 Å². The second-order valence-corrected chi connectivity index (χ2v) is 10.4. The van der Waals surface area contributed by atoms with Gasteiger partial charge in [-0.05, 0) is 38.8 Å². The van der Waals surface area contributed by atoms with Gasteiger partial charge in [0.1, 0.15) is 5.65 Å². The van der Waals surface area contributed by atoms with Gasteiger partial charge in [0.05, 0.1) is 35.1 Å². The molecule has 1 fully saturated rings. The monoisotopic (exact) mass is 457 g/mol. The summed E-state index contributed by atoms with van der Waals surface area (Å²) in [5.74, 6) is 0.267. The topological polar surface area (TPSA) is 107 Å². The first-order valence-electron chi connectivity index (χ1n) is 10.6. The number of hydrogen-bond acceptors (Lipinski definition) is 7. The lowest BCUT2D eigenvalue weighted by molar-refractivity contribution is 0.0690. The van der Waals surface area contributed by atoms with Gasteiger partial charge in [-0.15, -0.1) is 0 Å². The Morgan fingerprint density at radius 3 is 2.53 bits per heavy atom. The molecule has 1 aliphatic heterocycles. The van der Waals surface area contributed by atoms with Crippen molar-refractivity contribution in [1.29, 1.82) is 0 Å². The fourth-order valence-corrected chi connectivity index (χ4v) is 4.44. The highest BCUT2D eigenvalue weighted by Gasteiger charge is 2.26. The molecule has 4 heterocycles. The first-order valence-corrected chi connectivity index (χ1v) is 12.5. The van der Waals surface area contributed by atoms with Gasteiger partial charge >= 0.3 is 6.09 Å². The smallest absolute Gasteiger partial charge is 0.410 e. The molecule has 9 nitrogen and oxygen atoms in total. The quantitative estimate of drug-likeness (QED) is 0.579. The Bertz CT molecular complexity index is 1210. The van der Waals surface area contributed by atoms with Crippen molar-refractivity contribution >= 4 is 27.0 Å². The maximum absolute atomic E-state index is 12.0. The van der Waals surface area contributed by atoms with Crippen LogP contribution in [0, 0.1) is 0 Å². The van der Waals surface area contributed by atoms with E-state index in [2.05, 4.69) is 15.0 Å². The van der Waals surface area contributed by atoms with Crippen molar-refractivity contribution in [3.63, 3.8) is 0 Å². The molecule has 0 saturated carbocycles. The maximum atomic E-state index is 12.0. The third kappa shape index (κ3) is 4.90. The Labute approximate surface area is 187 Å². The number of carbonyl (C=O) groups excluding carboxylic acids is 1. The lowest BCUT2D eigenvalue weighted by atomic mass is 9.94. The molecule has 170 valence electrons. The van der Waals surface area contributed by atoms with Crippen LogP contribution in [0.2, 0.25) is 0 Å². The van der Waals surface area contributed by atoms with Crippen molar-refractivity contribution in [2.24, 2.45) is 0 Å². The second kappa shape index (κ2) is 8.85. The average Bonchev–Trinajstić information content (AvgIpc) is 3.15. The zero-order valence-corrected chi connectivity index (χ0v) is 19.2. The summed E-state index contributed by atoms with van der Waals surface area (Å²) >= 11 is 0. The molecule has 1 aliphatic rings. The number of hydrogen-bond donors (Lipinski definition) is 0. The van der Waals surface area contributed by atoms with Gasteiger partial charge in [-0.2, -0.15) is 0 Å². The minimum atomic E-state index is -3.30. The van der Waals surface area contributed by atoms with Crippen molar-refractivity contribution in [2.45, 2.75) is 50.2 Å². The minimum absolute atomic E-state index is 0.118. The van der Waals surface area contributed by atoms with Gasteiger partial charge in [-0.3, -0.25) is 9.97 Å². The summed E-state index contributed by atoms with van der Waals surface area (Å²) in [7, 11) is -3.30. The van der Waals surface area contributed by atoms with Gasteiger partial charge in [0.15, 0.2) is 9.84 Å². The fourth-order valence-electron chi connectivity index (χ4n) is 3.85. The third-order valence-corrected chi connectivity index (χ3v) is 6.65. The first-order chi connectivity index (χ1) is 15.2. The summed E-state index contributed by atoms with van der Waals surface area (Å²) in [5.41, 5.74) is 2.42. The van der Waals surface area contributed by atoms with Crippen LogP contribution in [0.15, 0.2) is 41.8 Å². The van der Waals surface area contributed by atoms with E-state index in [-0.39, 0.29) is 23.0 Å². The molecule has 0 radical (unpaired) electrons. The molecular formula is C22H27N5O4S. The second-order valence-electron chi connectivity index (χ2n) is 8.43. The average molecular weight is 458 g/mol. The number of piperidine rings is 1. The highest BCUT2D eigenvalue weighted by atomic mass is 32.2. The molecule has 0 aliphatic carbocycles. The summed E-state index contributed by atoms with van der Waals surface area (Å²) in [5, 5.41) is 0.764. The number of aromatic nitrogens is 4. The van der Waals surface area contributed by atoms with Gasteiger partial charge in [0.25, 0.3) is 0 Å². The zero-order chi connectivity index (χ0) is 22.9. The molecule has 1 saturated heterocycles. The van der Waals surface area contributed by atoms with Crippen LogP contribution < -0.4 is 0 Å². The number of rotatable bonds is 5. The summed E-state index contributed by atoms with van der Waals surface area (Å²) in [6, 6.07) is 3.48. The van der Waals surface area contributed by atoms with E-state index in [1.165, 1.54) is 12.5 Å². The van der Waals surface area contributed by atoms with Gasteiger partial charge in [-0.25, -0.2) is 18.2 Å². The number of fused-ring (bicyclic) bond motifs is 1. The van der Waals surface area contributed by atoms with Gasteiger partial charge in [0.2, 0.25) is 0 Å². The lowest BCUT2D eigenvalue weighted by Crippen LogP contribution is -2.39. The van der Waals surface area contributed by atoms with Crippen molar-refractivity contribution < 1.29 is 17.9 Å². The summed E-state index contributed by atoms with van der Waals surface area (Å²) in [4.78, 5) is 27.5. The van der Waals surface area contributed by atoms with Crippen LogP contribution in [-0.4, -0.2) is 64.4 Å². The Balaban J connectivity index is 1.40. The van der Waals surface area contributed by atoms with E-state index in [9.17, 15) is 13.2 Å². The molecule has 0 N–H and O–H groups in total. The fraction of sp³-hybridized carbons (Fsp3) is 0.455. The highest BCUT2D eigenvalue weighted by Crippen LogP contribution is 2.27. The molecule has 0 bridgehead atoms. The molecule has 32 heavy (non-hydrogen) atoms. The molecular weight excluding hydrogens is 430 g/mol. The van der Waals surface area contributed by atoms with Crippen LogP contribution >= 0.6 is 0 Å². The number of nitrogens with zero attached hydrogens (tertiary/aromatic N) is 5. The Morgan fingerprint density at radius 1 is 1.16 bits per heavy atom. The van der Waals surface area contributed by atoms with E-state index >= 15 is 0 Å². The van der Waals surface area contributed by atoms with E-state index in [1.54, 1.807) is 17.2 Å². The summed E-state index contributed by atoms with van der Waals surface area (Å²) < 4.78 is 30.7. The minimum Gasteiger partial charge on any atom is -0.447 e. The van der Waals surface area contributed by atoms with Crippen molar-refractivity contribution in [3.05, 3.63) is 48.3 Å². The molecule has 3 aromatic rings. The van der Waals surface area contributed by atoms with Crippen molar-refractivity contribution in [3.8, 4) is 0 Å². The van der Waals surface area contributed by atoms with Gasteiger partial charge in [0, 0.05) is 49.2 Å². The number of carbonyl (C=O) groups is 1. The molecule has 4 rings (SSSR count). The largest absolute Gasteiger partial charge is 0.447 e. The zero-order valence-electron chi connectivity index (χ0n) is 18.4. The van der Waals surface area contributed by atoms with Crippen LogP contribution in [0.5, 0.6) is 0 Å². The van der Waals surface area contributed by atoms with Gasteiger partial charge < -0.3 is 14.2 Å². The van der Waals surface area contributed by atoms with Crippen molar-refractivity contribution in [1.82, 2.24) is 24.4 Å². The maximum Gasteiger partial charge on any atom is 0.410 e. The molecule has 10 heteroatoms. The van der Waals surface area contributed by atoms with Gasteiger partial charge in [-0.1, -0.05) is 0 Å². The van der Waals surface area contributed by atoms with Crippen LogP contribution in [0.4, 0.5) is 4.79 Å². The van der Waals surface area contributed by atoms with E-state index < -0.39 is 9.84 Å². The van der Waals surface area contributed by atoms with Crippen LogP contribution in [-0.2, 0) is 21.1 Å². The van der Waals surface area contributed by atoms with Crippen LogP contribution in [0.3, 0.4) is 0 Å². The number of likely N-dealkylation sites (tertiary alicyclic amines) is 1. The van der Waals surface area contributed by atoms with E-state index in [1.807, 2.05) is 36.9 Å². The highest BCUT2D eigenvalue weighted by molar-refractivity contribution is 7.90. The Morgan fingerprint density at radius 2 is 1.91 bits per heavy atom. The standard InChI is InChI=1S/C22H27N5O4S/c1-15(2)31-22(28)26-7-4-16(5-8-26)20-13-23-18(11-24-20)14-27-9-6-17-10-19(32(3,29)30)12-25-21(17)27/h6,9-13,15-16H,4-5,7-8,14H2,1-3H3. The molecule has 3 aromatic heterocycles. The SMILES string of the molecule is CC(C)OC(=O)N1CCC(c2cnc(Cn3ccc4cc(S(C)(=O)=O)cnc43)cn2)CC1. The number of ether oxygens (including phenoxy) is 1. The number of amides is 1. The predicted octanol–water partition coefficient (Wildman–Crippen LogP) is 3.00. The molecule has 1 amide bonds. The lowest BCUT2D eigenvalue weighted by Gasteiger charge is -2.31. The van der Waals surface area contributed by atoms with Crippen LogP contribution in [0.25, 0.3) is 11.0 Å². The molecule has 0 atom stereocenters. The summed E-state index contributed by atoms with van der Waals surface area (Å²) in [6.45, 7) is 5.48. The molecule has 0 unspecified atom stereocenters. The predicted molar refractivity (Wildman–Crippen MR) is 119 cm³/mol. The third-order valence-electron chi connectivity index (χ3n) is 5.57. The first kappa shape index (κ1) is 22.2. The Kier molecular flexibility index (Phi) is 6.14. The normalized spacial score (nSPS) is 15.4. The summed E-state index contributed by atoms with van der Waals surface area (Å²) in [6.07, 6.45) is 9.28. The molecule has 0 aromatic carbocycles.